The fraction of sp³-hybridized carbons (Fsp3) is 0.857. The van der Waals surface area contributed by atoms with E-state index < -0.39 is 0 Å². The minimum absolute atomic E-state index is 0.0693. The Morgan fingerprint density at radius 3 is 2.55 bits per heavy atom. The maximum absolute atomic E-state index is 11.0. The monoisotopic (exact) mass is 158 g/mol. The molecule has 64 valence electrons. The third-order valence-electron chi connectivity index (χ3n) is 2.10. The summed E-state index contributed by atoms with van der Waals surface area (Å²) in [6, 6.07) is 0. The van der Waals surface area contributed by atoms with Crippen molar-refractivity contribution < 1.29 is 9.63 Å². The second-order valence-corrected chi connectivity index (χ2v) is 2.87. The molecule has 0 atom stereocenters. The van der Waals surface area contributed by atoms with Gasteiger partial charge in [0.05, 0.1) is 5.92 Å². The molecule has 0 heterocycles. The maximum Gasteiger partial charge on any atom is 0.329 e. The average Bonchev–Trinajstić information content (AvgIpc) is 2.07. The van der Waals surface area contributed by atoms with Crippen LogP contribution in [0.25, 0.3) is 0 Å². The molecule has 1 fully saturated rings. The average molecular weight is 158 g/mol. The molecule has 0 aromatic carbocycles. The molecule has 0 unspecified atom stereocenters. The summed E-state index contributed by atoms with van der Waals surface area (Å²) < 4.78 is 0. The number of hydrazine groups is 1. The molecule has 3 N–H and O–H groups in total. The second-order valence-electron chi connectivity index (χ2n) is 2.87. The van der Waals surface area contributed by atoms with Gasteiger partial charge in [0.1, 0.15) is 0 Å². The van der Waals surface area contributed by atoms with E-state index in [1.165, 1.54) is 6.42 Å². The summed E-state index contributed by atoms with van der Waals surface area (Å²) in [5.41, 5.74) is 1.92. The van der Waals surface area contributed by atoms with Crippen molar-refractivity contribution in [2.75, 3.05) is 0 Å². The topological polar surface area (TPSA) is 64.3 Å². The predicted molar refractivity (Wildman–Crippen MR) is 40.0 cm³/mol. The van der Waals surface area contributed by atoms with Crippen LogP contribution in [0.1, 0.15) is 32.1 Å². The van der Waals surface area contributed by atoms with Crippen molar-refractivity contribution >= 4 is 5.97 Å². The van der Waals surface area contributed by atoms with Crippen molar-refractivity contribution in [1.29, 1.82) is 0 Å². The molecule has 4 nitrogen and oxygen atoms in total. The van der Waals surface area contributed by atoms with E-state index in [1.54, 1.807) is 0 Å². The van der Waals surface area contributed by atoms with Crippen molar-refractivity contribution in [2.45, 2.75) is 32.1 Å². The van der Waals surface area contributed by atoms with Crippen molar-refractivity contribution in [3.05, 3.63) is 0 Å². The third kappa shape index (κ3) is 2.48. The summed E-state index contributed by atoms with van der Waals surface area (Å²) >= 11 is 0. The smallest absolute Gasteiger partial charge is 0.329 e. The molecule has 1 saturated carbocycles. The van der Waals surface area contributed by atoms with Crippen molar-refractivity contribution in [1.82, 2.24) is 5.59 Å². The number of hydrogen-bond acceptors (Lipinski definition) is 4. The molecular weight excluding hydrogens is 144 g/mol. The van der Waals surface area contributed by atoms with E-state index in [9.17, 15) is 4.79 Å². The lowest BCUT2D eigenvalue weighted by molar-refractivity contribution is -0.157. The number of nitrogens with one attached hydrogen (secondary N) is 1. The Hall–Kier alpha value is -0.610. The third-order valence-corrected chi connectivity index (χ3v) is 2.10. The molecule has 0 aromatic rings. The van der Waals surface area contributed by atoms with Gasteiger partial charge >= 0.3 is 5.97 Å². The van der Waals surface area contributed by atoms with Crippen molar-refractivity contribution in [2.24, 2.45) is 11.8 Å². The zero-order valence-electron chi connectivity index (χ0n) is 6.51. The molecular formula is C7H14N2O2. The van der Waals surface area contributed by atoms with E-state index in [2.05, 4.69) is 4.84 Å². The van der Waals surface area contributed by atoms with Crippen LogP contribution in [-0.4, -0.2) is 5.97 Å². The Kier molecular flexibility index (Phi) is 3.32. The molecule has 0 bridgehead atoms. The van der Waals surface area contributed by atoms with Crippen LogP contribution in [0.15, 0.2) is 0 Å². The van der Waals surface area contributed by atoms with Gasteiger partial charge in [0, 0.05) is 0 Å². The van der Waals surface area contributed by atoms with Crippen LogP contribution in [-0.2, 0) is 9.63 Å². The Morgan fingerprint density at radius 2 is 2.00 bits per heavy atom. The van der Waals surface area contributed by atoms with Gasteiger partial charge in [-0.3, -0.25) is 0 Å². The minimum Gasteiger partial charge on any atom is -0.356 e. The SMILES string of the molecule is NNOC(=O)C1CCCCC1. The Balaban J connectivity index is 2.27. The summed E-state index contributed by atoms with van der Waals surface area (Å²) in [5, 5.41) is 0. The van der Waals surface area contributed by atoms with Crippen LogP contribution in [0.4, 0.5) is 0 Å². The van der Waals surface area contributed by atoms with Crippen LogP contribution in [0.5, 0.6) is 0 Å². The van der Waals surface area contributed by atoms with Gasteiger partial charge in [-0.05, 0) is 12.8 Å². The lowest BCUT2D eigenvalue weighted by Crippen LogP contribution is -2.31. The zero-order valence-corrected chi connectivity index (χ0v) is 6.51. The van der Waals surface area contributed by atoms with Crippen LogP contribution in [0.3, 0.4) is 0 Å². The standard InChI is InChI=1S/C7H14N2O2/c8-9-11-7(10)6-4-2-1-3-5-6/h6,9H,1-5,8H2. The normalized spacial score (nSPS) is 19.7. The number of carbonyl (C=O) groups excluding carboxylic acids is 1. The van der Waals surface area contributed by atoms with Crippen LogP contribution >= 0.6 is 0 Å². The fourth-order valence-corrected chi connectivity index (χ4v) is 1.48. The van der Waals surface area contributed by atoms with Gasteiger partial charge in [-0.2, -0.15) is 0 Å². The molecule has 11 heavy (non-hydrogen) atoms. The highest BCUT2D eigenvalue weighted by molar-refractivity contribution is 5.72. The number of rotatable bonds is 2. The van der Waals surface area contributed by atoms with Gasteiger partial charge in [-0.1, -0.05) is 24.9 Å². The quantitative estimate of drug-likeness (QED) is 0.453. The van der Waals surface area contributed by atoms with E-state index in [1.807, 2.05) is 5.59 Å². The Bertz CT molecular complexity index is 132. The maximum atomic E-state index is 11.0. The fourth-order valence-electron chi connectivity index (χ4n) is 1.48. The second kappa shape index (κ2) is 4.31. The molecule has 0 aromatic heterocycles. The molecule has 0 aliphatic heterocycles. The van der Waals surface area contributed by atoms with E-state index >= 15 is 0 Å². The highest BCUT2D eigenvalue weighted by atomic mass is 16.7. The van der Waals surface area contributed by atoms with E-state index in [0.717, 1.165) is 25.7 Å². The van der Waals surface area contributed by atoms with Gasteiger partial charge in [-0.15, -0.1) is 0 Å². The summed E-state index contributed by atoms with van der Waals surface area (Å²) in [5.74, 6) is 4.70. The molecule has 0 saturated heterocycles. The van der Waals surface area contributed by atoms with Gasteiger partial charge < -0.3 is 4.84 Å². The molecule has 0 radical (unpaired) electrons. The first-order valence-corrected chi connectivity index (χ1v) is 4.01. The molecule has 0 spiro atoms. The van der Waals surface area contributed by atoms with Gasteiger partial charge in [0.15, 0.2) is 0 Å². The lowest BCUT2D eigenvalue weighted by Gasteiger charge is -2.18. The lowest BCUT2D eigenvalue weighted by atomic mass is 9.89. The molecule has 0 amide bonds. The van der Waals surface area contributed by atoms with Gasteiger partial charge in [-0.25, -0.2) is 10.6 Å². The van der Waals surface area contributed by atoms with Crippen LogP contribution < -0.4 is 11.4 Å². The summed E-state index contributed by atoms with van der Waals surface area (Å²) in [4.78, 5) is 15.5. The molecule has 1 aliphatic rings. The van der Waals surface area contributed by atoms with E-state index in [4.69, 9.17) is 5.84 Å². The zero-order chi connectivity index (χ0) is 8.10. The molecule has 1 aliphatic carbocycles. The van der Waals surface area contributed by atoms with Crippen LogP contribution in [0, 0.1) is 5.92 Å². The number of carbonyl (C=O) groups is 1. The van der Waals surface area contributed by atoms with E-state index in [0.29, 0.717) is 0 Å². The van der Waals surface area contributed by atoms with Crippen molar-refractivity contribution in [3.8, 4) is 0 Å². The first-order chi connectivity index (χ1) is 5.34. The Labute approximate surface area is 66.0 Å². The largest absolute Gasteiger partial charge is 0.356 e. The summed E-state index contributed by atoms with van der Waals surface area (Å²) in [6.45, 7) is 0. The molecule has 4 heteroatoms. The highest BCUT2D eigenvalue weighted by Crippen LogP contribution is 2.24. The van der Waals surface area contributed by atoms with Gasteiger partial charge in [0.25, 0.3) is 0 Å². The summed E-state index contributed by atoms with van der Waals surface area (Å²) in [6.07, 6.45) is 5.38. The molecule has 1 rings (SSSR count). The Morgan fingerprint density at radius 1 is 1.36 bits per heavy atom. The highest BCUT2D eigenvalue weighted by Gasteiger charge is 2.22. The first-order valence-electron chi connectivity index (χ1n) is 4.01. The first kappa shape index (κ1) is 8.49. The number of hydrogen-bond donors (Lipinski definition) is 2. The number of nitrogens with two attached hydrogens (primary N) is 1. The van der Waals surface area contributed by atoms with Gasteiger partial charge in [0.2, 0.25) is 0 Å². The van der Waals surface area contributed by atoms with E-state index in [-0.39, 0.29) is 11.9 Å². The van der Waals surface area contributed by atoms with Crippen molar-refractivity contribution in [3.63, 3.8) is 0 Å². The minimum atomic E-state index is -0.216. The predicted octanol–water partition coefficient (Wildman–Crippen LogP) is 0.488. The summed E-state index contributed by atoms with van der Waals surface area (Å²) in [7, 11) is 0. The van der Waals surface area contributed by atoms with Crippen LogP contribution in [0.2, 0.25) is 0 Å².